The first-order chi connectivity index (χ1) is 22.5. The van der Waals surface area contributed by atoms with Crippen LogP contribution in [0, 0.1) is 0 Å². The number of rotatable bonds is 10. The van der Waals surface area contributed by atoms with Crippen LogP contribution in [0.15, 0.2) is 43.7 Å². The van der Waals surface area contributed by atoms with Crippen LogP contribution >= 0.6 is 22.4 Å². The van der Waals surface area contributed by atoms with E-state index >= 15 is 4.39 Å². The molecule has 4 heterocycles. The highest BCUT2D eigenvalue weighted by Gasteiger charge is 2.64. The summed E-state index contributed by atoms with van der Waals surface area (Å²) < 4.78 is 73.9. The number of aromatic nitrogens is 4. The second-order valence-electron chi connectivity index (χ2n) is 10.8. The van der Waals surface area contributed by atoms with E-state index in [9.17, 15) is 62.9 Å². The highest BCUT2D eigenvalue weighted by atomic mass is 32.5. The Bertz CT molecular complexity index is 1970. The van der Waals surface area contributed by atoms with Crippen LogP contribution in [0.4, 0.5) is 8.78 Å². The number of H-pyrrole nitrogens is 2. The van der Waals surface area contributed by atoms with Crippen LogP contribution in [-0.4, -0.2) is 113 Å². The first-order valence-corrected chi connectivity index (χ1v) is 18.7. The predicted octanol–water partition coefficient (Wildman–Crippen LogP) is -3.86. The highest BCUT2D eigenvalue weighted by molar-refractivity contribution is 8.08. The minimum Gasteiger partial charge on any atom is -0.390 e. The topological polar surface area (TPSA) is 372 Å². The summed E-state index contributed by atoms with van der Waals surface area (Å²) in [6, 6.07) is 1.81. The first-order valence-electron chi connectivity index (χ1n) is 13.1. The number of hydrogen-bond donors (Lipinski definition) is 11. The fraction of sp³-hybridized carbons (Fsp3) is 0.600. The van der Waals surface area contributed by atoms with Crippen molar-refractivity contribution in [1.82, 2.24) is 19.1 Å². The van der Waals surface area contributed by atoms with E-state index in [2.05, 4.69) is 25.0 Å². The third-order valence-corrected chi connectivity index (χ3v) is 11.5. The standard InChI is InChI=1S/C10H16FN2O14P3S.C10H13FN2O6/c1-9(17)6(15)10(11,25-7(9)13-3-2-5(14)12-8(13)16)4-24-30(23,31)27-29(21,22)26-28(18,19)20;1-9(18)6(16)10(11,4-14)19-7(9)13-3-2-5(15)12-8(13)17/h2-3,6-7,15,17H,4H2,1H3,(H,21,22)(H,23,31)(H,12,14,16)(H2,18,19,20);2-3,6-7,14,16,18H,4H2,1H3,(H,12,15,17)/t6-,7+,9+,10+,30?;6?,7-,9-,10-/m01/s1. The zero-order chi connectivity index (χ0) is 38.5. The Balaban J connectivity index is 0.000000303. The van der Waals surface area contributed by atoms with E-state index in [1.807, 2.05) is 9.97 Å². The third kappa shape index (κ3) is 9.22. The van der Waals surface area contributed by atoms with Crippen molar-refractivity contribution in [3.63, 3.8) is 0 Å². The Morgan fingerprint density at radius 3 is 1.60 bits per heavy atom. The molecule has 2 aromatic heterocycles. The number of nitrogens with zero attached hydrogens (tertiary/aromatic N) is 2. The average molecular weight is 808 g/mol. The number of alkyl halides is 2. The van der Waals surface area contributed by atoms with E-state index in [1.54, 1.807) is 0 Å². The van der Waals surface area contributed by atoms with Crippen molar-refractivity contribution >= 4 is 34.2 Å². The maximum absolute atomic E-state index is 15.2. The van der Waals surface area contributed by atoms with Gasteiger partial charge in [-0.15, -0.1) is 0 Å². The molecule has 3 unspecified atom stereocenters. The molecule has 0 radical (unpaired) electrons. The number of hydrogen-bond acceptors (Lipinski definition) is 17. The molecule has 0 amide bonds. The molecule has 30 heteroatoms. The van der Waals surface area contributed by atoms with Gasteiger partial charge in [0.25, 0.3) is 22.8 Å². The number of ether oxygens (including phenoxy) is 2. The van der Waals surface area contributed by atoms with Crippen LogP contribution in [0.2, 0.25) is 0 Å². The van der Waals surface area contributed by atoms with Gasteiger partial charge in [0.1, 0.15) is 36.6 Å². The first kappa shape index (κ1) is 42.2. The summed E-state index contributed by atoms with van der Waals surface area (Å²) in [6.07, 6.45) is -6.22. The maximum Gasteiger partial charge on any atom is 0.488 e. The summed E-state index contributed by atoms with van der Waals surface area (Å²) >= 11 is 4.31. The molecule has 0 saturated carbocycles. The van der Waals surface area contributed by atoms with Gasteiger partial charge in [-0.3, -0.25) is 28.7 Å². The van der Waals surface area contributed by atoms with Gasteiger partial charge in [-0.2, -0.15) is 4.31 Å². The molecule has 11 N–H and O–H groups in total. The van der Waals surface area contributed by atoms with Crippen LogP contribution < -0.4 is 22.5 Å². The Labute approximate surface area is 279 Å². The molecular weight excluding hydrogens is 779 g/mol. The Morgan fingerprint density at radius 1 is 0.840 bits per heavy atom. The normalized spacial score (nSPS) is 35.1. The Morgan fingerprint density at radius 2 is 1.24 bits per heavy atom. The van der Waals surface area contributed by atoms with Crippen molar-refractivity contribution in [3.05, 3.63) is 66.2 Å². The van der Waals surface area contributed by atoms with Gasteiger partial charge < -0.3 is 59.1 Å². The lowest BCUT2D eigenvalue weighted by atomic mass is 9.95. The van der Waals surface area contributed by atoms with Gasteiger partial charge in [0, 0.05) is 24.5 Å². The summed E-state index contributed by atoms with van der Waals surface area (Å²) in [4.78, 5) is 85.2. The van der Waals surface area contributed by atoms with E-state index in [0.29, 0.717) is 4.57 Å². The molecule has 0 bridgehead atoms. The van der Waals surface area contributed by atoms with Gasteiger partial charge in [-0.1, -0.05) is 0 Å². The van der Waals surface area contributed by atoms with Crippen LogP contribution in [0.25, 0.3) is 0 Å². The van der Waals surface area contributed by atoms with Gasteiger partial charge in [0.2, 0.25) is 0 Å². The van der Waals surface area contributed by atoms with Gasteiger partial charge in [0.05, 0.1) is 0 Å². The van der Waals surface area contributed by atoms with Crippen molar-refractivity contribution in [2.24, 2.45) is 0 Å². The third-order valence-electron chi connectivity index (χ3n) is 6.80. The van der Waals surface area contributed by atoms with E-state index in [1.165, 1.54) is 0 Å². The summed E-state index contributed by atoms with van der Waals surface area (Å²) in [6.45, 7) is -5.78. The fourth-order valence-electron chi connectivity index (χ4n) is 4.49. The molecule has 24 nitrogen and oxygen atoms in total. The van der Waals surface area contributed by atoms with Gasteiger partial charge in [-0.05, 0) is 25.7 Å². The molecule has 0 aliphatic carbocycles. The van der Waals surface area contributed by atoms with Crippen LogP contribution in [0.5, 0.6) is 0 Å². The molecule has 284 valence electrons. The van der Waals surface area contributed by atoms with Crippen molar-refractivity contribution in [3.8, 4) is 0 Å². The molecule has 10 atom stereocenters. The largest absolute Gasteiger partial charge is 0.488 e. The molecule has 2 fully saturated rings. The summed E-state index contributed by atoms with van der Waals surface area (Å²) in [5.41, 5.74) is -8.26. The molecule has 0 spiro atoms. The number of nitrogens with one attached hydrogen (secondary N) is 2. The van der Waals surface area contributed by atoms with E-state index in [-0.39, 0.29) is 0 Å². The number of phosphoric acid groups is 2. The molecule has 2 aromatic rings. The average Bonchev–Trinajstić information content (AvgIpc) is 3.24. The van der Waals surface area contributed by atoms with Gasteiger partial charge in [-0.25, -0.2) is 31.8 Å². The summed E-state index contributed by atoms with van der Waals surface area (Å²) in [5, 5.41) is 49.2. The van der Waals surface area contributed by atoms with Crippen molar-refractivity contribution in [2.75, 3.05) is 13.2 Å². The highest BCUT2D eigenvalue weighted by Crippen LogP contribution is 2.66. The lowest BCUT2D eigenvalue weighted by Gasteiger charge is -2.28. The van der Waals surface area contributed by atoms with Crippen LogP contribution in [0.3, 0.4) is 0 Å². The molecule has 2 aliphatic heterocycles. The van der Waals surface area contributed by atoms with Crippen LogP contribution in [0.1, 0.15) is 26.3 Å². The summed E-state index contributed by atoms with van der Waals surface area (Å²) in [5.74, 6) is -6.30. The van der Waals surface area contributed by atoms with Gasteiger partial charge >= 0.3 is 33.7 Å². The Kier molecular flexibility index (Phi) is 12.1. The zero-order valence-corrected chi connectivity index (χ0v) is 28.4. The minimum absolute atomic E-state index is 0.535. The molecule has 4 rings (SSSR count). The second-order valence-corrected chi connectivity index (χ2v) is 16.6. The minimum atomic E-state index is -5.68. The predicted molar refractivity (Wildman–Crippen MR) is 157 cm³/mol. The number of aliphatic hydroxyl groups is 5. The number of halogens is 2. The molecule has 2 aliphatic rings. The monoisotopic (exact) mass is 808 g/mol. The van der Waals surface area contributed by atoms with Gasteiger partial charge in [0.15, 0.2) is 12.5 Å². The lowest BCUT2D eigenvalue weighted by molar-refractivity contribution is -0.207. The second kappa shape index (κ2) is 14.3. The molecule has 0 aromatic carbocycles. The molecule has 2 saturated heterocycles. The summed E-state index contributed by atoms with van der Waals surface area (Å²) in [7, 11) is -11.2. The Hall–Kier alpha value is -2.23. The van der Waals surface area contributed by atoms with E-state index < -0.39 is 106 Å². The quantitative estimate of drug-likeness (QED) is 0.102. The molecule has 50 heavy (non-hydrogen) atoms. The fourth-order valence-corrected chi connectivity index (χ4v) is 8.44. The van der Waals surface area contributed by atoms with Crippen molar-refractivity contribution in [2.45, 2.75) is 61.4 Å². The SMILES string of the molecule is C[C@@]1(O)C(O)[C@@](F)(CO)O[C@H]1n1ccc(=O)[nH]c1=O.C[C@]1(O)[C@H](n2ccc(=O)[nH]c2=O)O[C@](F)(COP(O)(=S)OP(=O)(O)OP(=O)(O)O)[C@H]1O. The maximum atomic E-state index is 15.2. The number of aromatic amines is 2. The smallest absolute Gasteiger partial charge is 0.390 e. The zero-order valence-electron chi connectivity index (χ0n) is 24.9. The number of aliphatic hydroxyl groups excluding tert-OH is 3. The van der Waals surface area contributed by atoms with E-state index in [4.69, 9.17) is 24.4 Å². The van der Waals surface area contributed by atoms with Crippen molar-refractivity contribution < 1.29 is 85.6 Å². The van der Waals surface area contributed by atoms with Crippen molar-refractivity contribution in [1.29, 1.82) is 0 Å². The van der Waals surface area contributed by atoms with E-state index in [0.717, 1.165) is 42.9 Å². The lowest BCUT2D eigenvalue weighted by Crippen LogP contribution is -2.50. The molecular formula is C20H29F2N4O20P3S. The van der Waals surface area contributed by atoms with Crippen LogP contribution in [-0.2, 0) is 43.6 Å².